The highest BCUT2D eigenvalue weighted by Gasteiger charge is 2.49. The summed E-state index contributed by atoms with van der Waals surface area (Å²) in [5, 5.41) is 7.31. The smallest absolute Gasteiger partial charge is 0.339 e. The number of carbonyl (C=O) groups excluding carboxylic acids is 4. The molecule has 0 bridgehead atoms. The first-order valence-electron chi connectivity index (χ1n) is 29.4. The summed E-state index contributed by atoms with van der Waals surface area (Å²) >= 11 is 20.3. The number of aromatic nitrogens is 2. The third-order valence-electron chi connectivity index (χ3n) is 15.8. The number of amides is 2. The number of esters is 2. The highest BCUT2D eigenvalue weighted by Crippen LogP contribution is 2.42. The van der Waals surface area contributed by atoms with E-state index in [1.165, 1.54) is 0 Å². The lowest BCUT2D eigenvalue weighted by Gasteiger charge is -2.38. The van der Waals surface area contributed by atoms with Gasteiger partial charge in [-0.3, -0.25) is 9.59 Å². The Morgan fingerprint density at radius 2 is 1.01 bits per heavy atom. The number of pyridine rings is 2. The number of methoxy groups -OCH3 is 1. The molecule has 2 aliphatic carbocycles. The highest BCUT2D eigenvalue weighted by atomic mass is 35.5. The number of aryl methyl sites for hydroxylation is 1. The monoisotopic (exact) mass is 1290 g/mol. The normalized spacial score (nSPS) is 14.4. The lowest BCUT2D eigenvalue weighted by atomic mass is 9.80. The molecule has 20 heteroatoms. The van der Waals surface area contributed by atoms with Crippen molar-refractivity contribution < 1.29 is 42.9 Å². The van der Waals surface area contributed by atoms with Gasteiger partial charge in [-0.2, -0.15) is 0 Å². The average molecular weight is 1290 g/mol. The van der Waals surface area contributed by atoms with E-state index in [0.717, 1.165) is 61.0 Å². The van der Waals surface area contributed by atoms with Gasteiger partial charge in [0.1, 0.15) is 46.3 Å². The van der Waals surface area contributed by atoms with E-state index in [1.54, 1.807) is 67.8 Å². The van der Waals surface area contributed by atoms with Gasteiger partial charge in [0.15, 0.2) is 0 Å². The van der Waals surface area contributed by atoms with Crippen LogP contribution in [0.25, 0.3) is 44.8 Å². The first kappa shape index (κ1) is 70.1. The van der Waals surface area contributed by atoms with Gasteiger partial charge in [0.2, 0.25) is 0 Å². The molecule has 0 aliphatic heterocycles. The predicted octanol–water partition coefficient (Wildman–Crippen LogP) is 14.7. The molecule has 468 valence electrons. The molecular formula is C67H81Cl5N6O9. The van der Waals surface area contributed by atoms with Crippen molar-refractivity contribution in [1.29, 1.82) is 0 Å². The molecule has 4 aromatic carbocycles. The van der Waals surface area contributed by atoms with Crippen LogP contribution in [0.1, 0.15) is 129 Å². The van der Waals surface area contributed by atoms with Crippen LogP contribution in [0.5, 0.6) is 17.2 Å². The molecule has 0 atom stereocenters. The van der Waals surface area contributed by atoms with Crippen molar-refractivity contribution in [3.8, 4) is 62.0 Å². The van der Waals surface area contributed by atoms with Gasteiger partial charge >= 0.3 is 11.9 Å². The molecule has 0 spiro atoms. The molecule has 0 saturated heterocycles. The fourth-order valence-corrected chi connectivity index (χ4v) is 11.5. The van der Waals surface area contributed by atoms with E-state index in [2.05, 4.69) is 52.5 Å². The molecule has 2 fully saturated rings. The molecule has 2 saturated carbocycles. The number of nitrogens with one attached hydrogen (secondary N) is 2. The minimum Gasteiger partial charge on any atom is -0.492 e. The second-order valence-electron chi connectivity index (χ2n) is 23.1. The standard InChI is InChI=1S/C67H79Cl3N6O9.2ClH/c1-43(2)45-18-17-44(3)51(39-45)49-22-27-56(71-60(49)46-19-24-54(69)58(40-46)83-35-15-33-75(4)5)62(77)73-66(29-11-9-12-30-66)64(79)85-65(80)67(31-13-10-14-32-67)74-63(78)57-28-23-50(52-42-48(21-26-53(52)68)82-38-37-81-8)61(72-57)47-20-25-55(70)59(41-47)84-36-16-34-76(6)7;;/h17-28,39-43H,9-16,29-38H2,1-8H3,(H,73,77)(H,74,78);2*1H. The van der Waals surface area contributed by atoms with Crippen molar-refractivity contribution in [2.45, 2.75) is 115 Å². The fraction of sp³-hybridized carbons (Fsp3) is 0.433. The maximum absolute atomic E-state index is 14.9. The topological polar surface area (TPSA) is 171 Å². The van der Waals surface area contributed by atoms with Crippen LogP contribution in [0.4, 0.5) is 0 Å². The summed E-state index contributed by atoms with van der Waals surface area (Å²) in [5.41, 5.74) is 4.14. The molecule has 2 heterocycles. The zero-order valence-electron chi connectivity index (χ0n) is 51.0. The molecule has 87 heavy (non-hydrogen) atoms. The Hall–Kier alpha value is -6.01. The highest BCUT2D eigenvalue weighted by molar-refractivity contribution is 6.34. The summed E-state index contributed by atoms with van der Waals surface area (Å²) in [7, 11) is 9.60. The van der Waals surface area contributed by atoms with Gasteiger partial charge in [0.05, 0.1) is 41.3 Å². The number of halogens is 5. The van der Waals surface area contributed by atoms with E-state index in [1.807, 2.05) is 53.3 Å². The van der Waals surface area contributed by atoms with Gasteiger partial charge in [-0.25, -0.2) is 19.6 Å². The first-order valence-corrected chi connectivity index (χ1v) is 30.5. The van der Waals surface area contributed by atoms with E-state index >= 15 is 0 Å². The largest absolute Gasteiger partial charge is 0.492 e. The van der Waals surface area contributed by atoms with Crippen LogP contribution < -0.4 is 24.8 Å². The molecule has 2 aromatic heterocycles. The lowest BCUT2D eigenvalue weighted by Crippen LogP contribution is -2.61. The number of hydrogen-bond acceptors (Lipinski definition) is 13. The zero-order chi connectivity index (χ0) is 60.8. The van der Waals surface area contributed by atoms with E-state index in [4.69, 9.17) is 68.5 Å². The van der Waals surface area contributed by atoms with Gasteiger partial charge < -0.3 is 44.1 Å². The summed E-state index contributed by atoms with van der Waals surface area (Å²) in [6, 6.07) is 29.3. The van der Waals surface area contributed by atoms with Gasteiger partial charge in [-0.15, -0.1) is 24.8 Å². The molecule has 2 N–H and O–H groups in total. The van der Waals surface area contributed by atoms with Gasteiger partial charge in [-0.1, -0.05) is 118 Å². The Labute approximate surface area is 539 Å². The number of rotatable bonds is 25. The number of benzene rings is 4. The maximum atomic E-state index is 14.9. The molecule has 0 unspecified atom stereocenters. The molecule has 6 aromatic rings. The molecule has 15 nitrogen and oxygen atoms in total. The molecule has 2 amide bonds. The van der Waals surface area contributed by atoms with Crippen LogP contribution in [0, 0.1) is 6.92 Å². The van der Waals surface area contributed by atoms with E-state index < -0.39 is 34.8 Å². The number of ether oxygens (including phenoxy) is 5. The third kappa shape index (κ3) is 17.9. The van der Waals surface area contributed by atoms with E-state index in [9.17, 15) is 19.2 Å². The lowest BCUT2D eigenvalue weighted by molar-refractivity contribution is -0.170. The van der Waals surface area contributed by atoms with Crippen LogP contribution in [0.3, 0.4) is 0 Å². The quantitative estimate of drug-likeness (QED) is 0.0316. The second-order valence-corrected chi connectivity index (χ2v) is 24.3. The molecule has 8 rings (SSSR count). The third-order valence-corrected chi connectivity index (χ3v) is 16.7. The fourth-order valence-electron chi connectivity index (χ4n) is 10.9. The van der Waals surface area contributed by atoms with Crippen LogP contribution in [-0.4, -0.2) is 129 Å². The molecular weight excluding hydrogens is 1210 g/mol. The van der Waals surface area contributed by atoms with Crippen LogP contribution in [0.15, 0.2) is 97.1 Å². The Balaban J connectivity index is 0.00000605. The minimum absolute atomic E-state index is 0. The van der Waals surface area contributed by atoms with Gasteiger partial charge in [-0.05, 0) is 163 Å². The zero-order valence-corrected chi connectivity index (χ0v) is 54.9. The van der Waals surface area contributed by atoms with Crippen LogP contribution >= 0.6 is 59.6 Å². The summed E-state index contributed by atoms with van der Waals surface area (Å²) < 4.78 is 29.5. The number of hydrogen-bond donors (Lipinski definition) is 2. The minimum atomic E-state index is -1.60. The predicted molar refractivity (Wildman–Crippen MR) is 351 cm³/mol. The first-order chi connectivity index (χ1) is 40.8. The summed E-state index contributed by atoms with van der Waals surface area (Å²) in [4.78, 5) is 73.6. The van der Waals surface area contributed by atoms with Crippen molar-refractivity contribution >= 4 is 83.4 Å². The van der Waals surface area contributed by atoms with Crippen molar-refractivity contribution in [2.24, 2.45) is 0 Å². The van der Waals surface area contributed by atoms with Gasteiger partial charge in [0.25, 0.3) is 11.8 Å². The number of carbonyl (C=O) groups is 4. The van der Waals surface area contributed by atoms with Crippen LogP contribution in [0.2, 0.25) is 15.1 Å². The van der Waals surface area contributed by atoms with Gasteiger partial charge in [0, 0.05) is 53.0 Å². The Morgan fingerprint density at radius 1 is 0.540 bits per heavy atom. The van der Waals surface area contributed by atoms with Crippen molar-refractivity contribution in [1.82, 2.24) is 30.4 Å². The maximum Gasteiger partial charge on any atom is 0.339 e. The van der Waals surface area contributed by atoms with E-state index in [0.29, 0.717) is 118 Å². The molecule has 2 aliphatic rings. The summed E-state index contributed by atoms with van der Waals surface area (Å²) in [6.45, 7) is 9.51. The second kappa shape index (κ2) is 32.5. The molecule has 0 radical (unpaired) electrons. The SMILES string of the molecule is COCCOc1ccc(Cl)c(-c2ccc(C(=O)NC3(C(=O)OC(=O)C4(NC(=O)c5ccc(-c6cc(C(C)C)ccc6C)c(-c6ccc(Cl)c(OCCCN(C)C)c6)n5)CCCCC4)CCCCC3)nc2-c2ccc(Cl)c(OCCCN(C)C)c2)c1.Cl.Cl. The summed E-state index contributed by atoms with van der Waals surface area (Å²) in [5.74, 6) is -1.34. The average Bonchev–Trinajstić information content (AvgIpc) is 1.05. The Kier molecular flexibility index (Phi) is 26.2. The summed E-state index contributed by atoms with van der Waals surface area (Å²) in [6.07, 6.45) is 6.36. The Morgan fingerprint density at radius 3 is 1.47 bits per heavy atom. The van der Waals surface area contributed by atoms with Crippen LogP contribution in [-0.2, 0) is 19.1 Å². The van der Waals surface area contributed by atoms with E-state index in [-0.39, 0.29) is 67.8 Å². The number of nitrogens with zero attached hydrogens (tertiary/aromatic N) is 4. The Bertz CT molecular complexity index is 3350. The van der Waals surface area contributed by atoms with Crippen molar-refractivity contribution in [2.75, 3.05) is 74.8 Å². The van der Waals surface area contributed by atoms with Crippen molar-refractivity contribution in [3.05, 3.63) is 135 Å². The van der Waals surface area contributed by atoms with Crippen molar-refractivity contribution in [3.63, 3.8) is 0 Å².